The lowest BCUT2D eigenvalue weighted by atomic mass is 10.2. The first-order valence-corrected chi connectivity index (χ1v) is 7.25. The van der Waals surface area contributed by atoms with Gasteiger partial charge in [0.05, 0.1) is 0 Å². The van der Waals surface area contributed by atoms with E-state index in [4.69, 9.17) is 0 Å². The van der Waals surface area contributed by atoms with Gasteiger partial charge in [-0.25, -0.2) is 9.07 Å². The van der Waals surface area contributed by atoms with Gasteiger partial charge in [0.25, 0.3) is 0 Å². The van der Waals surface area contributed by atoms with Crippen LogP contribution < -0.4 is 4.90 Å². The molecule has 0 atom stereocenters. The number of hydrogen-bond acceptors (Lipinski definition) is 5. The molecule has 7 heteroatoms. The fourth-order valence-electron chi connectivity index (χ4n) is 2.62. The van der Waals surface area contributed by atoms with Crippen LogP contribution in [0.2, 0.25) is 0 Å². The van der Waals surface area contributed by atoms with Crippen molar-refractivity contribution in [2.45, 2.75) is 13.0 Å². The van der Waals surface area contributed by atoms with Gasteiger partial charge in [0.1, 0.15) is 12.1 Å². The zero-order chi connectivity index (χ0) is 14.5. The van der Waals surface area contributed by atoms with Crippen LogP contribution >= 0.6 is 0 Å². The minimum atomic E-state index is -0.181. The van der Waals surface area contributed by atoms with Crippen molar-refractivity contribution in [2.24, 2.45) is 0 Å². The minimum absolute atomic E-state index is 0.181. The Balaban J connectivity index is 1.41. The largest absolute Gasteiger partial charge is 0.369 e. The van der Waals surface area contributed by atoms with Gasteiger partial charge in [0, 0.05) is 45.0 Å². The van der Waals surface area contributed by atoms with E-state index in [-0.39, 0.29) is 5.82 Å². The molecule has 112 valence electrons. The quantitative estimate of drug-likeness (QED) is 0.823. The lowest BCUT2D eigenvalue weighted by molar-refractivity contribution is 0.248. The maximum absolute atomic E-state index is 12.9. The summed E-state index contributed by atoms with van der Waals surface area (Å²) in [6.45, 7) is 5.94. The molecule has 0 amide bonds. The summed E-state index contributed by atoms with van der Waals surface area (Å²) >= 11 is 0. The van der Waals surface area contributed by atoms with Crippen LogP contribution in [0.3, 0.4) is 0 Å². The first-order valence-electron chi connectivity index (χ1n) is 7.25. The molecule has 0 bridgehead atoms. The molecule has 1 aromatic heterocycles. The number of benzene rings is 1. The van der Waals surface area contributed by atoms with Gasteiger partial charge in [-0.3, -0.25) is 4.90 Å². The molecule has 0 aliphatic carbocycles. The summed E-state index contributed by atoms with van der Waals surface area (Å²) in [5.41, 5.74) is 1.10. The molecule has 0 saturated carbocycles. The molecule has 1 saturated heterocycles. The molecular formula is C14H19FN6. The Morgan fingerprint density at radius 2 is 1.76 bits per heavy atom. The highest BCUT2D eigenvalue weighted by Gasteiger charge is 2.16. The van der Waals surface area contributed by atoms with Crippen molar-refractivity contribution in [3.8, 4) is 0 Å². The Labute approximate surface area is 123 Å². The molecule has 0 spiro atoms. The smallest absolute Gasteiger partial charge is 0.138 e. The van der Waals surface area contributed by atoms with Crippen LogP contribution in [-0.4, -0.2) is 57.8 Å². The maximum Gasteiger partial charge on any atom is 0.138 e. The molecule has 0 unspecified atom stereocenters. The first-order chi connectivity index (χ1) is 10.3. The number of aryl methyl sites for hydroxylation is 1. The standard InChI is InChI=1S/C14H19FN6/c15-13-2-4-14(5-3-13)20-10-8-19(9-11-20)6-1-7-21-12-16-17-18-21/h2-5,12H,1,6-11H2. The van der Waals surface area contributed by atoms with Crippen LogP contribution in [0.5, 0.6) is 0 Å². The van der Waals surface area contributed by atoms with Crippen LogP contribution in [0.1, 0.15) is 6.42 Å². The van der Waals surface area contributed by atoms with Crippen LogP contribution in [0, 0.1) is 5.82 Å². The number of anilines is 1. The average Bonchev–Trinajstić information content (AvgIpc) is 3.02. The molecule has 1 aliphatic rings. The minimum Gasteiger partial charge on any atom is -0.369 e. The van der Waals surface area contributed by atoms with E-state index < -0.39 is 0 Å². The number of hydrogen-bond donors (Lipinski definition) is 0. The predicted molar refractivity (Wildman–Crippen MR) is 77.5 cm³/mol. The molecule has 0 N–H and O–H groups in total. The van der Waals surface area contributed by atoms with E-state index >= 15 is 0 Å². The lowest BCUT2D eigenvalue weighted by Gasteiger charge is -2.36. The van der Waals surface area contributed by atoms with Gasteiger partial charge in [-0.15, -0.1) is 5.10 Å². The van der Waals surface area contributed by atoms with Crippen LogP contribution in [-0.2, 0) is 6.54 Å². The Kier molecular flexibility index (Phi) is 4.40. The first kappa shape index (κ1) is 13.9. The van der Waals surface area contributed by atoms with Crippen LogP contribution in [0.4, 0.5) is 10.1 Å². The Hall–Kier alpha value is -2.02. The predicted octanol–water partition coefficient (Wildman–Crippen LogP) is 1.02. The van der Waals surface area contributed by atoms with E-state index in [9.17, 15) is 4.39 Å². The summed E-state index contributed by atoms with van der Waals surface area (Å²) in [4.78, 5) is 4.75. The third kappa shape index (κ3) is 3.75. The van der Waals surface area contributed by atoms with Gasteiger partial charge >= 0.3 is 0 Å². The summed E-state index contributed by atoms with van der Waals surface area (Å²) in [5, 5.41) is 11.1. The van der Waals surface area contributed by atoms with Gasteiger partial charge in [-0.2, -0.15) is 0 Å². The van der Waals surface area contributed by atoms with Crippen molar-refractivity contribution >= 4 is 5.69 Å². The van der Waals surface area contributed by atoms with Gasteiger partial charge in [0.2, 0.25) is 0 Å². The van der Waals surface area contributed by atoms with Crippen LogP contribution in [0.15, 0.2) is 30.6 Å². The third-order valence-electron chi connectivity index (χ3n) is 3.82. The van der Waals surface area contributed by atoms with Crippen molar-refractivity contribution < 1.29 is 4.39 Å². The Bertz CT molecular complexity index is 533. The van der Waals surface area contributed by atoms with Crippen LogP contribution in [0.25, 0.3) is 0 Å². The number of tetrazole rings is 1. The zero-order valence-electron chi connectivity index (χ0n) is 11.9. The second-order valence-corrected chi connectivity index (χ2v) is 5.23. The lowest BCUT2D eigenvalue weighted by Crippen LogP contribution is -2.46. The van der Waals surface area contributed by atoms with Crippen molar-refractivity contribution in [1.29, 1.82) is 0 Å². The van der Waals surface area contributed by atoms with Gasteiger partial charge in [-0.1, -0.05) is 0 Å². The molecule has 1 fully saturated rings. The second kappa shape index (κ2) is 6.62. The van der Waals surface area contributed by atoms with E-state index in [1.807, 2.05) is 12.1 Å². The second-order valence-electron chi connectivity index (χ2n) is 5.23. The van der Waals surface area contributed by atoms with E-state index in [1.165, 1.54) is 12.1 Å². The summed E-state index contributed by atoms with van der Waals surface area (Å²) in [5.74, 6) is -0.181. The highest BCUT2D eigenvalue weighted by Crippen LogP contribution is 2.16. The fraction of sp³-hybridized carbons (Fsp3) is 0.500. The molecule has 1 aliphatic heterocycles. The Morgan fingerprint density at radius 1 is 1.00 bits per heavy atom. The fourth-order valence-corrected chi connectivity index (χ4v) is 2.62. The SMILES string of the molecule is Fc1ccc(N2CCN(CCCn3cnnn3)CC2)cc1. The molecule has 21 heavy (non-hydrogen) atoms. The monoisotopic (exact) mass is 290 g/mol. The van der Waals surface area contributed by atoms with E-state index in [1.54, 1.807) is 11.0 Å². The van der Waals surface area contributed by atoms with Crippen molar-refractivity contribution in [1.82, 2.24) is 25.1 Å². The number of halogens is 1. The summed E-state index contributed by atoms with van der Waals surface area (Å²) in [6, 6.07) is 6.74. The molecule has 2 heterocycles. The molecular weight excluding hydrogens is 271 g/mol. The summed E-state index contributed by atoms with van der Waals surface area (Å²) in [6.07, 6.45) is 2.69. The molecule has 6 nitrogen and oxygen atoms in total. The van der Waals surface area contributed by atoms with Gasteiger partial charge in [0.15, 0.2) is 0 Å². The normalized spacial score (nSPS) is 16.3. The van der Waals surface area contributed by atoms with Crippen molar-refractivity contribution in [3.63, 3.8) is 0 Å². The highest BCUT2D eigenvalue weighted by atomic mass is 19.1. The summed E-state index contributed by atoms with van der Waals surface area (Å²) < 4.78 is 14.7. The zero-order valence-corrected chi connectivity index (χ0v) is 11.9. The molecule has 2 aromatic rings. The Morgan fingerprint density at radius 3 is 2.43 bits per heavy atom. The van der Waals surface area contributed by atoms with E-state index in [2.05, 4.69) is 25.3 Å². The molecule has 3 rings (SSSR count). The summed E-state index contributed by atoms with van der Waals surface area (Å²) in [7, 11) is 0. The number of nitrogens with zero attached hydrogens (tertiary/aromatic N) is 6. The van der Waals surface area contributed by atoms with Gasteiger partial charge in [-0.05, 0) is 41.1 Å². The van der Waals surface area contributed by atoms with Gasteiger partial charge < -0.3 is 4.90 Å². The van der Waals surface area contributed by atoms with Crippen molar-refractivity contribution in [3.05, 3.63) is 36.4 Å². The topological polar surface area (TPSA) is 50.1 Å². The third-order valence-corrected chi connectivity index (χ3v) is 3.82. The number of rotatable bonds is 5. The maximum atomic E-state index is 12.9. The molecule has 1 aromatic carbocycles. The van der Waals surface area contributed by atoms with E-state index in [0.717, 1.165) is 51.4 Å². The van der Waals surface area contributed by atoms with E-state index in [0.29, 0.717) is 0 Å². The number of aromatic nitrogens is 4. The average molecular weight is 290 g/mol. The molecule has 0 radical (unpaired) electrons. The van der Waals surface area contributed by atoms with Crippen molar-refractivity contribution in [2.75, 3.05) is 37.6 Å². The highest BCUT2D eigenvalue weighted by molar-refractivity contribution is 5.46. The number of piperazine rings is 1.